The minimum Gasteiger partial charge on any atom is -0.480 e. The van der Waals surface area contributed by atoms with E-state index >= 15 is 0 Å². The van der Waals surface area contributed by atoms with Crippen LogP contribution in [-0.2, 0) is 9.53 Å². The first kappa shape index (κ1) is 17.2. The van der Waals surface area contributed by atoms with Gasteiger partial charge in [0.2, 0.25) is 0 Å². The maximum atomic E-state index is 12.7. The van der Waals surface area contributed by atoms with Gasteiger partial charge in [-0.15, -0.1) is 0 Å². The molecule has 25 heavy (non-hydrogen) atoms. The molecule has 0 aromatic heterocycles. The minimum absolute atomic E-state index is 0.0883. The number of hydrogen-bond donors (Lipinski definition) is 1. The molecule has 9 heteroatoms. The van der Waals surface area contributed by atoms with E-state index in [2.05, 4.69) is 0 Å². The molecule has 0 spiro atoms. The average molecular weight is 349 g/mol. The molecule has 1 N–H and O–H groups in total. The molecule has 2 aliphatic heterocycles. The number of carbonyl (C=O) groups is 2. The van der Waals surface area contributed by atoms with Crippen molar-refractivity contribution in [3.8, 4) is 0 Å². The lowest BCUT2D eigenvalue weighted by molar-refractivity contribution is -0.384. The van der Waals surface area contributed by atoms with Crippen molar-refractivity contribution in [2.24, 2.45) is 0 Å². The predicted octanol–water partition coefficient (Wildman–Crippen LogP) is 1.12. The number of rotatable bonds is 4. The normalized spacial score (nSPS) is 20.6. The molecule has 2 aliphatic rings. The number of benzene rings is 1. The zero-order valence-electron chi connectivity index (χ0n) is 13.6. The standard InChI is InChI=1S/C16H19N3O6/c20-15(18-7-8-25-10-14(18)16(21)22)11-3-4-12(13(9-11)19(23)24)17-5-1-2-6-17/h3-4,9,14H,1-2,5-8,10H2,(H,21,22). The first-order valence-electron chi connectivity index (χ1n) is 8.14. The topological polar surface area (TPSA) is 113 Å². The second-order valence-corrected chi connectivity index (χ2v) is 6.08. The minimum atomic E-state index is -1.16. The summed E-state index contributed by atoms with van der Waals surface area (Å²) in [4.78, 5) is 38.1. The van der Waals surface area contributed by atoms with Gasteiger partial charge in [0.25, 0.3) is 11.6 Å². The number of nitro benzene ring substituents is 1. The molecule has 0 radical (unpaired) electrons. The van der Waals surface area contributed by atoms with Crippen molar-refractivity contribution in [3.05, 3.63) is 33.9 Å². The molecule has 2 saturated heterocycles. The van der Waals surface area contributed by atoms with Gasteiger partial charge in [0.15, 0.2) is 6.04 Å². The number of carboxylic acid groups (broad SMARTS) is 1. The fourth-order valence-electron chi connectivity index (χ4n) is 3.25. The number of nitro groups is 1. The molecule has 3 rings (SSSR count). The third-order valence-corrected chi connectivity index (χ3v) is 4.54. The Bertz CT molecular complexity index is 701. The third-order valence-electron chi connectivity index (χ3n) is 4.54. The number of carbonyl (C=O) groups excluding carboxylic acids is 1. The Hall–Kier alpha value is -2.68. The third kappa shape index (κ3) is 3.41. The van der Waals surface area contributed by atoms with Crippen molar-refractivity contribution < 1.29 is 24.4 Å². The van der Waals surface area contributed by atoms with Crippen LogP contribution >= 0.6 is 0 Å². The van der Waals surface area contributed by atoms with Gasteiger partial charge in [-0.05, 0) is 25.0 Å². The molecule has 1 unspecified atom stereocenters. The van der Waals surface area contributed by atoms with Gasteiger partial charge in [0.05, 0.1) is 18.1 Å². The molecule has 0 bridgehead atoms. The van der Waals surface area contributed by atoms with Crippen LogP contribution in [0.4, 0.5) is 11.4 Å². The van der Waals surface area contributed by atoms with Crippen LogP contribution in [0.1, 0.15) is 23.2 Å². The number of nitrogens with zero attached hydrogens (tertiary/aromatic N) is 3. The van der Waals surface area contributed by atoms with Crippen molar-refractivity contribution in [1.82, 2.24) is 4.90 Å². The summed E-state index contributed by atoms with van der Waals surface area (Å²) < 4.78 is 5.12. The van der Waals surface area contributed by atoms with E-state index in [4.69, 9.17) is 4.74 Å². The SMILES string of the molecule is O=C(O)C1COCCN1C(=O)c1ccc(N2CCCC2)c([N+](=O)[O-])c1. The van der Waals surface area contributed by atoms with Crippen LogP contribution in [0.3, 0.4) is 0 Å². The Morgan fingerprint density at radius 3 is 2.60 bits per heavy atom. The van der Waals surface area contributed by atoms with Crippen molar-refractivity contribution in [1.29, 1.82) is 0 Å². The largest absolute Gasteiger partial charge is 0.480 e. The highest BCUT2D eigenvalue weighted by atomic mass is 16.6. The smallest absolute Gasteiger partial charge is 0.328 e. The van der Waals surface area contributed by atoms with Crippen molar-refractivity contribution in [2.75, 3.05) is 37.7 Å². The maximum Gasteiger partial charge on any atom is 0.328 e. The lowest BCUT2D eigenvalue weighted by atomic mass is 10.1. The van der Waals surface area contributed by atoms with Gasteiger partial charge in [-0.1, -0.05) is 0 Å². The van der Waals surface area contributed by atoms with Crippen molar-refractivity contribution in [3.63, 3.8) is 0 Å². The summed E-state index contributed by atoms with van der Waals surface area (Å²) in [7, 11) is 0. The van der Waals surface area contributed by atoms with Gasteiger partial charge in [-0.25, -0.2) is 4.79 Å². The second-order valence-electron chi connectivity index (χ2n) is 6.08. The van der Waals surface area contributed by atoms with Crippen LogP contribution in [0.15, 0.2) is 18.2 Å². The molecular weight excluding hydrogens is 330 g/mol. The van der Waals surface area contributed by atoms with E-state index in [0.717, 1.165) is 25.9 Å². The summed E-state index contributed by atoms with van der Waals surface area (Å²) in [5.41, 5.74) is 0.478. The first-order valence-corrected chi connectivity index (χ1v) is 8.14. The van der Waals surface area contributed by atoms with E-state index < -0.39 is 22.8 Å². The molecule has 1 aromatic rings. The quantitative estimate of drug-likeness (QED) is 0.640. The van der Waals surface area contributed by atoms with Gasteiger partial charge in [0, 0.05) is 31.3 Å². The molecule has 134 valence electrons. The van der Waals surface area contributed by atoms with Gasteiger partial charge in [0.1, 0.15) is 5.69 Å². The molecular formula is C16H19N3O6. The van der Waals surface area contributed by atoms with Crippen molar-refractivity contribution in [2.45, 2.75) is 18.9 Å². The van der Waals surface area contributed by atoms with Crippen molar-refractivity contribution >= 4 is 23.3 Å². The molecule has 1 atom stereocenters. The van der Waals surface area contributed by atoms with Crippen LogP contribution in [0.25, 0.3) is 0 Å². The summed E-state index contributed by atoms with van der Waals surface area (Å²) in [5, 5.41) is 20.7. The lowest BCUT2D eigenvalue weighted by Crippen LogP contribution is -2.52. The molecule has 0 saturated carbocycles. The van der Waals surface area contributed by atoms with Crippen LogP contribution in [-0.4, -0.2) is 65.7 Å². The maximum absolute atomic E-state index is 12.7. The predicted molar refractivity (Wildman–Crippen MR) is 87.8 cm³/mol. The Morgan fingerprint density at radius 2 is 1.96 bits per heavy atom. The van der Waals surface area contributed by atoms with Gasteiger partial charge in [-0.2, -0.15) is 0 Å². The number of carboxylic acids is 1. The number of morpholine rings is 1. The van der Waals surface area contributed by atoms with Crippen LogP contribution in [0.2, 0.25) is 0 Å². The van der Waals surface area contributed by atoms with Gasteiger partial charge < -0.3 is 19.6 Å². The van der Waals surface area contributed by atoms with Crippen LogP contribution < -0.4 is 4.90 Å². The van der Waals surface area contributed by atoms with Crippen LogP contribution in [0.5, 0.6) is 0 Å². The molecule has 2 fully saturated rings. The summed E-state index contributed by atoms with van der Waals surface area (Å²) in [6.45, 7) is 1.79. The summed E-state index contributed by atoms with van der Waals surface area (Å²) >= 11 is 0. The summed E-state index contributed by atoms with van der Waals surface area (Å²) in [6, 6.07) is 3.26. The van der Waals surface area contributed by atoms with E-state index in [-0.39, 0.29) is 31.0 Å². The fraction of sp³-hybridized carbons (Fsp3) is 0.500. The molecule has 1 aromatic carbocycles. The second kappa shape index (κ2) is 7.06. The van der Waals surface area contributed by atoms with Gasteiger partial charge in [-0.3, -0.25) is 14.9 Å². The molecule has 0 aliphatic carbocycles. The number of ether oxygens (including phenoxy) is 1. The number of amides is 1. The highest BCUT2D eigenvalue weighted by Gasteiger charge is 2.34. The van der Waals surface area contributed by atoms with E-state index in [1.54, 1.807) is 6.07 Å². The number of hydrogen-bond acceptors (Lipinski definition) is 6. The van der Waals surface area contributed by atoms with E-state index in [9.17, 15) is 24.8 Å². The Balaban J connectivity index is 1.91. The molecule has 2 heterocycles. The Morgan fingerprint density at radius 1 is 1.24 bits per heavy atom. The zero-order chi connectivity index (χ0) is 18.0. The molecule has 9 nitrogen and oxygen atoms in total. The average Bonchev–Trinajstić information content (AvgIpc) is 3.15. The Kier molecular flexibility index (Phi) is 4.84. The van der Waals surface area contributed by atoms with E-state index in [1.807, 2.05) is 4.90 Å². The summed E-state index contributed by atoms with van der Waals surface area (Å²) in [5.74, 6) is -1.69. The number of aliphatic carboxylic acids is 1. The molecule has 1 amide bonds. The van der Waals surface area contributed by atoms with E-state index in [0.29, 0.717) is 5.69 Å². The summed E-state index contributed by atoms with van der Waals surface area (Å²) in [6.07, 6.45) is 1.96. The monoisotopic (exact) mass is 349 g/mol. The Labute approximate surface area is 143 Å². The first-order chi connectivity index (χ1) is 12.0. The highest BCUT2D eigenvalue weighted by Crippen LogP contribution is 2.32. The van der Waals surface area contributed by atoms with Gasteiger partial charge >= 0.3 is 5.97 Å². The van der Waals surface area contributed by atoms with E-state index in [1.165, 1.54) is 17.0 Å². The number of anilines is 1. The lowest BCUT2D eigenvalue weighted by Gasteiger charge is -2.33. The fourth-order valence-corrected chi connectivity index (χ4v) is 3.25. The zero-order valence-corrected chi connectivity index (χ0v) is 13.6. The van der Waals surface area contributed by atoms with Crippen LogP contribution in [0, 0.1) is 10.1 Å². The highest BCUT2D eigenvalue weighted by molar-refractivity contribution is 5.98.